The summed E-state index contributed by atoms with van der Waals surface area (Å²) in [6.07, 6.45) is 3.71. The molecule has 1 aromatic rings. The van der Waals surface area contributed by atoms with Crippen LogP contribution in [-0.2, 0) is 11.3 Å². The van der Waals surface area contributed by atoms with Crippen molar-refractivity contribution in [2.24, 2.45) is 5.16 Å². The molecule has 19 heavy (non-hydrogen) atoms. The lowest BCUT2D eigenvalue weighted by Crippen LogP contribution is -2.21. The van der Waals surface area contributed by atoms with Gasteiger partial charge >= 0.3 is 0 Å². The molecule has 0 aliphatic heterocycles. The third-order valence-corrected chi connectivity index (χ3v) is 4.15. The molecule has 4 nitrogen and oxygen atoms in total. The zero-order valence-electron chi connectivity index (χ0n) is 10.9. The minimum absolute atomic E-state index is 0.239. The van der Waals surface area contributed by atoms with Crippen LogP contribution in [0.25, 0.3) is 0 Å². The van der Waals surface area contributed by atoms with Crippen LogP contribution in [0.5, 0.6) is 5.75 Å². The molecule has 0 saturated heterocycles. The highest BCUT2D eigenvalue weighted by Crippen LogP contribution is 2.25. The lowest BCUT2D eigenvalue weighted by molar-refractivity contribution is 0.0273. The Balaban J connectivity index is 1.89. The molecule has 0 heterocycles. The zero-order valence-corrected chi connectivity index (χ0v) is 12.5. The van der Waals surface area contributed by atoms with Gasteiger partial charge in [-0.1, -0.05) is 21.1 Å². The number of oxime groups is 1. The number of rotatable bonds is 4. The summed E-state index contributed by atoms with van der Waals surface area (Å²) in [4.78, 5) is 0. The van der Waals surface area contributed by atoms with Gasteiger partial charge in [-0.25, -0.2) is 0 Å². The number of ether oxygens (including phenoxy) is 2. The smallest absolute Gasteiger partial charge is 0.119 e. The number of hydrogen-bond acceptors (Lipinski definition) is 4. The van der Waals surface area contributed by atoms with E-state index in [1.54, 1.807) is 7.11 Å². The molecule has 1 aromatic carbocycles. The van der Waals surface area contributed by atoms with E-state index in [1.165, 1.54) is 0 Å². The average Bonchev–Trinajstić information content (AvgIpc) is 2.47. The van der Waals surface area contributed by atoms with Crippen molar-refractivity contribution in [3.8, 4) is 5.75 Å². The quantitative estimate of drug-likeness (QED) is 0.676. The number of methoxy groups -OCH3 is 1. The monoisotopic (exact) mass is 327 g/mol. The Morgan fingerprint density at radius 1 is 1.37 bits per heavy atom. The van der Waals surface area contributed by atoms with Crippen LogP contribution < -0.4 is 4.74 Å². The van der Waals surface area contributed by atoms with Gasteiger partial charge in [-0.15, -0.1) is 0 Å². The Morgan fingerprint density at radius 2 is 2.11 bits per heavy atom. The van der Waals surface area contributed by atoms with Crippen LogP contribution >= 0.6 is 15.9 Å². The predicted octanol–water partition coefficient (Wildman–Crippen LogP) is 3.75. The molecule has 1 N–H and O–H groups in total. The van der Waals surface area contributed by atoms with Gasteiger partial charge in [0.15, 0.2) is 0 Å². The first-order valence-corrected chi connectivity index (χ1v) is 7.16. The van der Waals surface area contributed by atoms with E-state index >= 15 is 0 Å². The van der Waals surface area contributed by atoms with Crippen molar-refractivity contribution >= 4 is 21.6 Å². The van der Waals surface area contributed by atoms with Crippen LogP contribution in [0, 0.1) is 0 Å². The maximum Gasteiger partial charge on any atom is 0.119 e. The number of halogens is 1. The molecule has 0 aromatic heterocycles. The van der Waals surface area contributed by atoms with E-state index in [4.69, 9.17) is 14.7 Å². The molecule has 0 atom stereocenters. The first-order valence-electron chi connectivity index (χ1n) is 6.36. The Labute approximate surface area is 121 Å². The summed E-state index contributed by atoms with van der Waals surface area (Å²) in [5.74, 6) is 0.833. The fraction of sp³-hybridized carbons (Fsp3) is 0.500. The van der Waals surface area contributed by atoms with Crippen molar-refractivity contribution < 1.29 is 14.7 Å². The maximum atomic E-state index is 8.71. The highest BCUT2D eigenvalue weighted by molar-refractivity contribution is 9.10. The largest absolute Gasteiger partial charge is 0.497 e. The van der Waals surface area contributed by atoms with E-state index in [2.05, 4.69) is 21.1 Å². The van der Waals surface area contributed by atoms with Gasteiger partial charge in [0.25, 0.3) is 0 Å². The van der Waals surface area contributed by atoms with E-state index in [9.17, 15) is 0 Å². The third-order valence-electron chi connectivity index (χ3n) is 3.38. The lowest BCUT2D eigenvalue weighted by atomic mass is 9.96. The Kier molecular flexibility index (Phi) is 5.22. The van der Waals surface area contributed by atoms with Gasteiger partial charge in [-0.2, -0.15) is 0 Å². The minimum Gasteiger partial charge on any atom is -0.497 e. The number of hydrogen-bond donors (Lipinski definition) is 1. The normalized spacial score (nSPS) is 19.3. The summed E-state index contributed by atoms with van der Waals surface area (Å²) in [5.41, 5.74) is 1.96. The summed E-state index contributed by atoms with van der Waals surface area (Å²) in [5, 5.41) is 12.0. The molecule has 2 rings (SSSR count). The van der Waals surface area contributed by atoms with Crippen molar-refractivity contribution in [2.45, 2.75) is 38.4 Å². The van der Waals surface area contributed by atoms with E-state index in [-0.39, 0.29) is 6.10 Å². The van der Waals surface area contributed by atoms with Gasteiger partial charge < -0.3 is 14.7 Å². The van der Waals surface area contributed by atoms with Crippen molar-refractivity contribution in [1.29, 1.82) is 0 Å². The second-order valence-electron chi connectivity index (χ2n) is 4.63. The Morgan fingerprint density at radius 3 is 2.74 bits per heavy atom. The molecule has 0 unspecified atom stereocenters. The van der Waals surface area contributed by atoms with E-state index < -0.39 is 0 Å². The fourth-order valence-electron chi connectivity index (χ4n) is 2.19. The van der Waals surface area contributed by atoms with Gasteiger partial charge in [-0.05, 0) is 49.4 Å². The van der Waals surface area contributed by atoms with Crippen molar-refractivity contribution in [1.82, 2.24) is 0 Å². The molecule has 1 saturated carbocycles. The summed E-state index contributed by atoms with van der Waals surface area (Å²) in [7, 11) is 1.66. The highest BCUT2D eigenvalue weighted by Gasteiger charge is 2.18. The lowest BCUT2D eigenvalue weighted by Gasteiger charge is -2.23. The second-order valence-corrected chi connectivity index (χ2v) is 5.49. The Bertz CT molecular complexity index is 452. The SMILES string of the molecule is COc1ccc(Br)c(COC2CCC(=NO)CC2)c1. The first kappa shape index (κ1) is 14.3. The third kappa shape index (κ3) is 3.94. The molecule has 0 radical (unpaired) electrons. The number of benzene rings is 1. The summed E-state index contributed by atoms with van der Waals surface area (Å²) < 4.78 is 12.2. The van der Waals surface area contributed by atoms with Gasteiger partial charge in [0.05, 0.1) is 25.5 Å². The Hall–Kier alpha value is -1.07. The van der Waals surface area contributed by atoms with Crippen LogP contribution in [0.3, 0.4) is 0 Å². The van der Waals surface area contributed by atoms with Crippen LogP contribution in [0.4, 0.5) is 0 Å². The van der Waals surface area contributed by atoms with Crippen molar-refractivity contribution in [3.63, 3.8) is 0 Å². The summed E-state index contributed by atoms with van der Waals surface area (Å²) >= 11 is 3.52. The molecule has 104 valence electrons. The zero-order chi connectivity index (χ0) is 13.7. The molecule has 0 bridgehead atoms. The van der Waals surface area contributed by atoms with Crippen LogP contribution in [-0.4, -0.2) is 24.1 Å². The van der Waals surface area contributed by atoms with Gasteiger partial charge in [0, 0.05) is 4.47 Å². The van der Waals surface area contributed by atoms with Crippen LogP contribution in [0.2, 0.25) is 0 Å². The van der Waals surface area contributed by atoms with Crippen LogP contribution in [0.1, 0.15) is 31.2 Å². The molecular formula is C14H18BrNO3. The van der Waals surface area contributed by atoms with E-state index in [0.717, 1.165) is 47.2 Å². The molecule has 0 spiro atoms. The van der Waals surface area contributed by atoms with Gasteiger partial charge in [0.2, 0.25) is 0 Å². The first-order chi connectivity index (χ1) is 9.22. The molecule has 1 aliphatic carbocycles. The molecule has 1 fully saturated rings. The standard InChI is InChI=1S/C14H18BrNO3/c1-18-13-6-7-14(15)10(8-13)9-19-12-4-2-11(16-17)3-5-12/h6-8,12,17H,2-5,9H2,1H3. The highest BCUT2D eigenvalue weighted by atomic mass is 79.9. The molecule has 0 amide bonds. The second kappa shape index (κ2) is 6.91. The molecule has 1 aliphatic rings. The predicted molar refractivity (Wildman–Crippen MR) is 77.0 cm³/mol. The van der Waals surface area contributed by atoms with Gasteiger partial charge in [-0.3, -0.25) is 0 Å². The number of nitrogens with zero attached hydrogens (tertiary/aromatic N) is 1. The van der Waals surface area contributed by atoms with Crippen LogP contribution in [0.15, 0.2) is 27.8 Å². The summed E-state index contributed by atoms with van der Waals surface area (Å²) in [6.45, 7) is 0.564. The van der Waals surface area contributed by atoms with E-state index in [1.807, 2.05) is 18.2 Å². The topological polar surface area (TPSA) is 51.0 Å². The molecule has 5 heteroatoms. The van der Waals surface area contributed by atoms with E-state index in [0.29, 0.717) is 6.61 Å². The average molecular weight is 328 g/mol. The van der Waals surface area contributed by atoms with Gasteiger partial charge in [0.1, 0.15) is 5.75 Å². The van der Waals surface area contributed by atoms with Crippen molar-refractivity contribution in [2.75, 3.05) is 7.11 Å². The summed E-state index contributed by atoms with van der Waals surface area (Å²) in [6, 6.07) is 5.86. The minimum atomic E-state index is 0.239. The molecular weight excluding hydrogens is 310 g/mol. The van der Waals surface area contributed by atoms with Crippen molar-refractivity contribution in [3.05, 3.63) is 28.2 Å². The maximum absolute atomic E-state index is 8.71. The fourth-order valence-corrected chi connectivity index (χ4v) is 2.55.